The normalized spacial score (nSPS) is 15.4. The number of thiophene rings is 1. The van der Waals surface area contributed by atoms with Crippen LogP contribution in [-0.2, 0) is 4.79 Å². The minimum absolute atomic E-state index is 0.157. The van der Waals surface area contributed by atoms with Gasteiger partial charge in [-0.1, -0.05) is 41.9 Å². The molecule has 2 aromatic carbocycles. The second-order valence-corrected chi connectivity index (χ2v) is 8.37. The number of fused-ring (bicyclic) bond motifs is 1. The van der Waals surface area contributed by atoms with Crippen molar-refractivity contribution in [1.29, 1.82) is 0 Å². The summed E-state index contributed by atoms with van der Waals surface area (Å²) >= 11 is 8.04. The van der Waals surface area contributed by atoms with E-state index in [0.717, 1.165) is 52.5 Å². The Morgan fingerprint density at radius 2 is 1.79 bits per heavy atom. The van der Waals surface area contributed by atoms with Crippen LogP contribution in [0.3, 0.4) is 0 Å². The van der Waals surface area contributed by atoms with Gasteiger partial charge in [0, 0.05) is 47.2 Å². The number of halogens is 1. The molecule has 28 heavy (non-hydrogen) atoms. The molecule has 0 spiro atoms. The smallest absolute Gasteiger partial charge is 0.248 e. The van der Waals surface area contributed by atoms with Gasteiger partial charge in [0.15, 0.2) is 0 Å². The van der Waals surface area contributed by atoms with E-state index in [9.17, 15) is 4.79 Å². The molecule has 6 heteroatoms. The van der Waals surface area contributed by atoms with Gasteiger partial charge in [0.25, 0.3) is 0 Å². The third-order valence-corrected chi connectivity index (χ3v) is 6.61. The highest BCUT2D eigenvalue weighted by atomic mass is 35.5. The Hall–Kier alpha value is -2.34. The summed E-state index contributed by atoms with van der Waals surface area (Å²) in [6, 6.07) is 16.0. The zero-order valence-corrected chi connectivity index (χ0v) is 17.3. The summed E-state index contributed by atoms with van der Waals surface area (Å²) in [4.78, 5) is 18.1. The molecule has 0 bridgehead atoms. The predicted molar refractivity (Wildman–Crippen MR) is 121 cm³/mol. The number of carbonyl (C=O) groups is 1. The fourth-order valence-electron chi connectivity index (χ4n) is 3.37. The van der Waals surface area contributed by atoms with E-state index in [4.69, 9.17) is 11.6 Å². The number of hydrogen-bond acceptors (Lipinski definition) is 4. The van der Waals surface area contributed by atoms with Gasteiger partial charge >= 0.3 is 0 Å². The number of para-hydroxylation sites is 2. The van der Waals surface area contributed by atoms with Crippen molar-refractivity contribution in [2.75, 3.05) is 43.4 Å². The quantitative estimate of drug-likeness (QED) is 0.616. The first-order chi connectivity index (χ1) is 13.6. The number of likely N-dealkylation sites (N-methyl/N-ethyl adjacent to an activating group) is 1. The summed E-state index contributed by atoms with van der Waals surface area (Å²) in [5.41, 5.74) is 1.90. The second-order valence-electron chi connectivity index (χ2n) is 6.91. The molecule has 0 atom stereocenters. The number of carbonyl (C=O) groups excluding carboxylic acids is 1. The molecule has 144 valence electrons. The van der Waals surface area contributed by atoms with Crippen molar-refractivity contribution in [3.63, 3.8) is 0 Å². The Morgan fingerprint density at radius 3 is 2.57 bits per heavy atom. The molecule has 1 fully saturated rings. The van der Waals surface area contributed by atoms with E-state index >= 15 is 0 Å². The van der Waals surface area contributed by atoms with Crippen LogP contribution in [0.4, 0.5) is 11.4 Å². The number of nitrogens with one attached hydrogen (secondary N) is 1. The minimum Gasteiger partial charge on any atom is -0.367 e. The lowest BCUT2D eigenvalue weighted by atomic mass is 10.2. The van der Waals surface area contributed by atoms with Crippen LogP contribution in [0.1, 0.15) is 4.88 Å². The number of anilines is 2. The number of benzene rings is 2. The molecule has 3 aromatic rings. The molecule has 0 saturated carbocycles. The minimum atomic E-state index is -0.157. The van der Waals surface area contributed by atoms with Crippen molar-refractivity contribution in [2.24, 2.45) is 0 Å². The Bertz CT molecular complexity index is 1020. The highest BCUT2D eigenvalue weighted by molar-refractivity contribution is 7.20. The lowest BCUT2D eigenvalue weighted by Gasteiger charge is -2.35. The Balaban J connectivity index is 1.49. The zero-order valence-electron chi connectivity index (χ0n) is 15.7. The number of piperazine rings is 1. The molecule has 4 nitrogen and oxygen atoms in total. The van der Waals surface area contributed by atoms with E-state index in [1.54, 1.807) is 23.5 Å². The first kappa shape index (κ1) is 19.0. The molecule has 0 aliphatic carbocycles. The van der Waals surface area contributed by atoms with Gasteiger partial charge in [0.05, 0.1) is 16.4 Å². The van der Waals surface area contributed by atoms with E-state index in [2.05, 4.69) is 28.2 Å². The van der Waals surface area contributed by atoms with Gasteiger partial charge in [0.2, 0.25) is 5.91 Å². The predicted octanol–water partition coefficient (Wildman–Crippen LogP) is 4.96. The second kappa shape index (κ2) is 8.35. The van der Waals surface area contributed by atoms with Gasteiger partial charge < -0.3 is 15.1 Å². The SMILES string of the molecule is CN1CCN(c2ccccc2NC(=O)C=Cc2sc3ccccc3c2Cl)CC1. The largest absolute Gasteiger partial charge is 0.367 e. The third kappa shape index (κ3) is 4.07. The van der Waals surface area contributed by atoms with Crippen LogP contribution < -0.4 is 10.2 Å². The summed E-state index contributed by atoms with van der Waals surface area (Å²) in [6.07, 6.45) is 3.35. The van der Waals surface area contributed by atoms with Crippen LogP contribution in [-0.4, -0.2) is 44.0 Å². The number of rotatable bonds is 4. The molecule has 0 unspecified atom stereocenters. The van der Waals surface area contributed by atoms with Gasteiger partial charge in [-0.15, -0.1) is 11.3 Å². The Kier molecular flexibility index (Phi) is 5.67. The van der Waals surface area contributed by atoms with Gasteiger partial charge in [-0.2, -0.15) is 0 Å². The van der Waals surface area contributed by atoms with E-state index < -0.39 is 0 Å². The summed E-state index contributed by atoms with van der Waals surface area (Å²) < 4.78 is 1.12. The first-order valence-corrected chi connectivity index (χ1v) is 10.5. The van der Waals surface area contributed by atoms with E-state index in [-0.39, 0.29) is 5.91 Å². The molecule has 1 aromatic heterocycles. The van der Waals surface area contributed by atoms with Crippen molar-refractivity contribution in [3.05, 3.63) is 64.5 Å². The molecule has 1 aliphatic rings. The van der Waals surface area contributed by atoms with Gasteiger partial charge in [-0.25, -0.2) is 0 Å². The van der Waals surface area contributed by atoms with Gasteiger partial charge in [-0.05, 0) is 31.3 Å². The molecular weight excluding hydrogens is 390 g/mol. The van der Waals surface area contributed by atoms with E-state index in [1.165, 1.54) is 0 Å². The van der Waals surface area contributed by atoms with Crippen molar-refractivity contribution in [1.82, 2.24) is 4.90 Å². The number of nitrogens with zero attached hydrogens (tertiary/aromatic N) is 2. The van der Waals surface area contributed by atoms with Crippen molar-refractivity contribution < 1.29 is 4.79 Å². The van der Waals surface area contributed by atoms with E-state index in [1.807, 2.05) is 42.5 Å². The van der Waals surface area contributed by atoms with Crippen molar-refractivity contribution in [3.8, 4) is 0 Å². The van der Waals surface area contributed by atoms with Crippen LogP contribution in [0.2, 0.25) is 5.02 Å². The topological polar surface area (TPSA) is 35.6 Å². The fourth-order valence-corrected chi connectivity index (χ4v) is 4.77. The zero-order chi connectivity index (χ0) is 19.5. The van der Waals surface area contributed by atoms with Crippen LogP contribution in [0.5, 0.6) is 0 Å². The third-order valence-electron chi connectivity index (χ3n) is 4.95. The summed E-state index contributed by atoms with van der Waals surface area (Å²) in [5, 5.41) is 4.74. The van der Waals surface area contributed by atoms with E-state index in [0.29, 0.717) is 5.02 Å². The maximum atomic E-state index is 12.5. The highest BCUT2D eigenvalue weighted by Gasteiger charge is 2.17. The fraction of sp³-hybridized carbons (Fsp3) is 0.227. The molecular formula is C22H22ClN3OS. The maximum absolute atomic E-state index is 12.5. The highest BCUT2D eigenvalue weighted by Crippen LogP contribution is 2.36. The maximum Gasteiger partial charge on any atom is 0.248 e. The Morgan fingerprint density at radius 1 is 1.07 bits per heavy atom. The average molecular weight is 412 g/mol. The van der Waals surface area contributed by atoms with Crippen LogP contribution >= 0.6 is 22.9 Å². The van der Waals surface area contributed by atoms with Gasteiger partial charge in [0.1, 0.15) is 0 Å². The summed E-state index contributed by atoms with van der Waals surface area (Å²) in [5.74, 6) is -0.157. The van der Waals surface area contributed by atoms with Crippen LogP contribution in [0, 0.1) is 0 Å². The van der Waals surface area contributed by atoms with Crippen molar-refractivity contribution >= 4 is 56.4 Å². The summed E-state index contributed by atoms with van der Waals surface area (Å²) in [7, 11) is 2.13. The van der Waals surface area contributed by atoms with Gasteiger partial charge in [-0.3, -0.25) is 4.79 Å². The number of hydrogen-bond donors (Lipinski definition) is 1. The van der Waals surface area contributed by atoms with Crippen LogP contribution in [0.15, 0.2) is 54.6 Å². The molecule has 1 saturated heterocycles. The number of amides is 1. The van der Waals surface area contributed by atoms with Crippen LogP contribution in [0.25, 0.3) is 16.2 Å². The molecule has 4 rings (SSSR count). The Labute approximate surface area is 174 Å². The first-order valence-electron chi connectivity index (χ1n) is 9.30. The average Bonchev–Trinajstić information content (AvgIpc) is 3.04. The molecule has 0 radical (unpaired) electrons. The molecule has 1 amide bonds. The molecule has 2 heterocycles. The summed E-state index contributed by atoms with van der Waals surface area (Å²) in [6.45, 7) is 3.95. The lowest BCUT2D eigenvalue weighted by molar-refractivity contribution is -0.111. The monoisotopic (exact) mass is 411 g/mol. The standard InChI is InChI=1S/C22H22ClN3OS/c1-25-12-14-26(15-13-25)18-8-4-3-7-17(18)24-21(27)11-10-20-22(23)16-6-2-5-9-19(16)28-20/h2-11H,12-15H2,1H3,(H,24,27). The van der Waals surface area contributed by atoms with Crippen molar-refractivity contribution in [2.45, 2.75) is 0 Å². The molecule has 1 aliphatic heterocycles. The molecule has 1 N–H and O–H groups in total. The lowest BCUT2D eigenvalue weighted by Crippen LogP contribution is -2.44.